The van der Waals surface area contributed by atoms with Crippen molar-refractivity contribution in [1.29, 1.82) is 0 Å². The number of hydrogen-bond donors (Lipinski definition) is 2. The lowest BCUT2D eigenvalue weighted by Crippen LogP contribution is -2.80. The molecular weight excluding hydrogens is 368 g/mol. The summed E-state index contributed by atoms with van der Waals surface area (Å²) in [5.74, 6) is 1.94. The lowest BCUT2D eigenvalue weighted by Gasteiger charge is -2.21. The van der Waals surface area contributed by atoms with Crippen molar-refractivity contribution >= 4 is 5.91 Å². The minimum absolute atomic E-state index is 0.0414. The summed E-state index contributed by atoms with van der Waals surface area (Å²) in [5.41, 5.74) is 2.08. The predicted molar refractivity (Wildman–Crippen MR) is 113 cm³/mol. The number of benzene rings is 2. The minimum atomic E-state index is -0.285. The molecule has 0 aliphatic rings. The van der Waals surface area contributed by atoms with Gasteiger partial charge in [-0.1, -0.05) is 0 Å². The van der Waals surface area contributed by atoms with Crippen LogP contribution in [0.1, 0.15) is 38.8 Å². The Morgan fingerprint density at radius 1 is 0.966 bits per heavy atom. The van der Waals surface area contributed by atoms with Crippen molar-refractivity contribution in [2.45, 2.75) is 46.3 Å². The van der Waals surface area contributed by atoms with Gasteiger partial charge in [-0.05, 0) is 70.2 Å². The number of methoxy groups -OCH3 is 1. The van der Waals surface area contributed by atoms with Crippen LogP contribution in [0.2, 0.25) is 0 Å². The minimum Gasteiger partial charge on any atom is -0.497 e. The van der Waals surface area contributed by atoms with E-state index >= 15 is 0 Å². The van der Waals surface area contributed by atoms with Crippen LogP contribution in [0.25, 0.3) is 0 Å². The predicted octanol–water partition coefficient (Wildman–Crippen LogP) is 2.65. The van der Waals surface area contributed by atoms with Gasteiger partial charge in [0.2, 0.25) is 0 Å². The first kappa shape index (κ1) is 22.6. The summed E-state index contributed by atoms with van der Waals surface area (Å²) in [6, 6.07) is 13.9. The highest BCUT2D eigenvalue weighted by atomic mass is 16.5. The molecule has 2 aromatic rings. The van der Waals surface area contributed by atoms with Crippen LogP contribution < -0.4 is 24.8 Å². The van der Waals surface area contributed by atoms with Gasteiger partial charge in [0.1, 0.15) is 18.8 Å². The third kappa shape index (κ3) is 8.03. The highest BCUT2D eigenvalue weighted by molar-refractivity contribution is 5.78. The summed E-state index contributed by atoms with van der Waals surface area (Å²) in [5, 5.41) is 5.11. The second-order valence-electron chi connectivity index (χ2n) is 7.85. The summed E-state index contributed by atoms with van der Waals surface area (Å²) in [7, 11) is 1.67. The Morgan fingerprint density at radius 3 is 2.24 bits per heavy atom. The quantitative estimate of drug-likeness (QED) is 0.642. The van der Waals surface area contributed by atoms with Crippen molar-refractivity contribution in [3.05, 3.63) is 53.6 Å². The average molecular weight is 402 g/mol. The van der Waals surface area contributed by atoms with Crippen LogP contribution in [0.3, 0.4) is 0 Å². The van der Waals surface area contributed by atoms with Gasteiger partial charge in [0.15, 0.2) is 18.1 Å². The molecule has 158 valence electrons. The molecule has 0 heterocycles. The third-order valence-corrected chi connectivity index (χ3v) is 4.10. The van der Waals surface area contributed by atoms with Crippen LogP contribution >= 0.6 is 0 Å². The first-order valence-corrected chi connectivity index (χ1v) is 9.95. The number of rotatable bonds is 10. The standard InChI is InChI=1S/C23H32N2O4/c1-6-28-21-13-18(15-24-14-17-7-10-19(27-5)11-8-17)9-12-20(21)29-16-22(26)25-23(2,3)4/h7-13,24H,6,14-16H2,1-5H3,(H,25,26)/p+1. The average Bonchev–Trinajstić information content (AvgIpc) is 2.67. The highest BCUT2D eigenvalue weighted by Crippen LogP contribution is 2.28. The second-order valence-corrected chi connectivity index (χ2v) is 7.85. The largest absolute Gasteiger partial charge is 0.497 e. The molecule has 0 unspecified atom stereocenters. The van der Waals surface area contributed by atoms with Crippen molar-refractivity contribution < 1.29 is 24.3 Å². The van der Waals surface area contributed by atoms with Crippen LogP contribution in [-0.4, -0.2) is 31.8 Å². The van der Waals surface area contributed by atoms with Gasteiger partial charge in [0.25, 0.3) is 5.91 Å². The zero-order chi connectivity index (χ0) is 21.3. The molecule has 0 aliphatic heterocycles. The van der Waals surface area contributed by atoms with Crippen LogP contribution in [0.5, 0.6) is 17.2 Å². The lowest BCUT2D eigenvalue weighted by molar-refractivity contribution is -0.686. The van der Waals surface area contributed by atoms with E-state index < -0.39 is 0 Å². The van der Waals surface area contributed by atoms with Crippen molar-refractivity contribution in [2.75, 3.05) is 20.3 Å². The molecule has 0 radical (unpaired) electrons. The molecule has 0 saturated carbocycles. The number of hydrogen-bond acceptors (Lipinski definition) is 4. The summed E-state index contributed by atoms with van der Waals surface area (Å²) in [6.07, 6.45) is 0. The number of amides is 1. The third-order valence-electron chi connectivity index (χ3n) is 4.10. The Morgan fingerprint density at radius 2 is 1.62 bits per heavy atom. The van der Waals surface area contributed by atoms with Crippen LogP contribution in [-0.2, 0) is 17.9 Å². The Kier molecular flexibility index (Phi) is 8.34. The molecule has 2 rings (SSSR count). The van der Waals surface area contributed by atoms with Gasteiger partial charge in [0, 0.05) is 16.7 Å². The van der Waals surface area contributed by atoms with E-state index in [0.717, 1.165) is 24.4 Å². The van der Waals surface area contributed by atoms with Gasteiger partial charge in [-0.15, -0.1) is 0 Å². The summed E-state index contributed by atoms with van der Waals surface area (Å²) in [4.78, 5) is 12.0. The number of carbonyl (C=O) groups is 1. The Hall–Kier alpha value is -2.73. The normalized spacial score (nSPS) is 11.1. The zero-order valence-electron chi connectivity index (χ0n) is 18.1. The fourth-order valence-corrected chi connectivity index (χ4v) is 2.83. The van der Waals surface area contributed by atoms with Gasteiger partial charge in [-0.2, -0.15) is 0 Å². The molecular formula is C23H33N2O4+. The smallest absolute Gasteiger partial charge is 0.258 e. The maximum Gasteiger partial charge on any atom is 0.258 e. The van der Waals surface area contributed by atoms with E-state index in [1.165, 1.54) is 5.56 Å². The topological polar surface area (TPSA) is 73.4 Å². The van der Waals surface area contributed by atoms with Gasteiger partial charge < -0.3 is 24.8 Å². The monoisotopic (exact) mass is 401 g/mol. The summed E-state index contributed by atoms with van der Waals surface area (Å²) < 4.78 is 16.6. The van der Waals surface area contributed by atoms with Crippen LogP contribution in [0.4, 0.5) is 0 Å². The molecule has 6 nitrogen and oxygen atoms in total. The first-order chi connectivity index (χ1) is 13.8. The number of ether oxygens (including phenoxy) is 3. The molecule has 3 N–H and O–H groups in total. The number of carbonyl (C=O) groups excluding carboxylic acids is 1. The van der Waals surface area contributed by atoms with Gasteiger partial charge in [-0.3, -0.25) is 4.79 Å². The maximum absolute atomic E-state index is 12.0. The fraction of sp³-hybridized carbons (Fsp3) is 0.435. The van der Waals surface area contributed by atoms with E-state index in [4.69, 9.17) is 14.2 Å². The van der Waals surface area contributed by atoms with Gasteiger partial charge in [0.05, 0.1) is 13.7 Å². The molecule has 0 aliphatic carbocycles. The Labute approximate surface area is 173 Å². The van der Waals surface area contributed by atoms with E-state index in [9.17, 15) is 4.79 Å². The molecule has 0 spiro atoms. The molecule has 1 amide bonds. The fourth-order valence-electron chi connectivity index (χ4n) is 2.83. The van der Waals surface area contributed by atoms with Crippen molar-refractivity contribution in [2.24, 2.45) is 0 Å². The Balaban J connectivity index is 1.92. The first-order valence-electron chi connectivity index (χ1n) is 9.95. The van der Waals surface area contributed by atoms with Crippen molar-refractivity contribution in [3.63, 3.8) is 0 Å². The molecule has 0 fully saturated rings. The van der Waals surface area contributed by atoms with Crippen molar-refractivity contribution in [1.82, 2.24) is 5.32 Å². The van der Waals surface area contributed by atoms with Gasteiger partial charge in [-0.25, -0.2) is 0 Å². The summed E-state index contributed by atoms with van der Waals surface area (Å²) in [6.45, 7) is 9.92. The lowest BCUT2D eigenvalue weighted by atomic mass is 10.1. The molecule has 2 aromatic carbocycles. The zero-order valence-corrected chi connectivity index (χ0v) is 18.1. The van der Waals surface area contributed by atoms with E-state index in [1.54, 1.807) is 7.11 Å². The molecule has 0 bridgehead atoms. The van der Waals surface area contributed by atoms with Crippen LogP contribution in [0.15, 0.2) is 42.5 Å². The van der Waals surface area contributed by atoms with E-state index in [-0.39, 0.29) is 18.1 Å². The molecule has 0 aromatic heterocycles. The maximum atomic E-state index is 12.0. The van der Waals surface area contributed by atoms with E-state index in [1.807, 2.05) is 58.0 Å². The van der Waals surface area contributed by atoms with E-state index in [2.05, 4.69) is 22.8 Å². The van der Waals surface area contributed by atoms with E-state index in [0.29, 0.717) is 18.1 Å². The molecule has 0 atom stereocenters. The molecule has 0 saturated heterocycles. The van der Waals surface area contributed by atoms with Crippen LogP contribution in [0, 0.1) is 0 Å². The van der Waals surface area contributed by atoms with Gasteiger partial charge >= 0.3 is 0 Å². The number of nitrogens with two attached hydrogens (primary N) is 1. The van der Waals surface area contributed by atoms with Crippen molar-refractivity contribution in [3.8, 4) is 17.2 Å². The molecule has 6 heteroatoms. The molecule has 29 heavy (non-hydrogen) atoms. The Bertz CT molecular complexity index is 782. The SMILES string of the molecule is CCOc1cc(C[NH2+]Cc2ccc(OC)cc2)ccc1OCC(=O)NC(C)(C)C. The highest BCUT2D eigenvalue weighted by Gasteiger charge is 2.15. The number of nitrogens with one attached hydrogen (secondary N) is 1. The second kappa shape index (κ2) is 10.7. The summed E-state index contributed by atoms with van der Waals surface area (Å²) >= 11 is 0. The number of quaternary nitrogens is 1.